The predicted octanol–water partition coefficient (Wildman–Crippen LogP) is 2.34. The number of nitrogens with one attached hydrogen (secondary N) is 1. The molecule has 2 rings (SSSR count). The van der Waals surface area contributed by atoms with E-state index in [1.807, 2.05) is 25.2 Å². The van der Waals surface area contributed by atoms with Gasteiger partial charge in [-0.15, -0.1) is 11.3 Å². The molecule has 0 aliphatic carbocycles. The summed E-state index contributed by atoms with van der Waals surface area (Å²) in [6.45, 7) is 1.66. The normalized spacial score (nSPS) is 11.2. The van der Waals surface area contributed by atoms with Crippen LogP contribution in [0, 0.1) is 0 Å². The Hall–Kier alpha value is -1.04. The number of H-pyrrole nitrogens is 1. The van der Waals surface area contributed by atoms with Crippen molar-refractivity contribution in [2.75, 3.05) is 12.8 Å². The highest BCUT2D eigenvalue weighted by molar-refractivity contribution is 7.16. The maximum atomic E-state index is 5.87. The number of aromatic nitrogens is 2. The number of nitrogen functional groups attached to an aromatic ring is 1. The average molecular weight is 257 g/mol. The molecule has 2 aromatic rings. The Morgan fingerprint density at radius 1 is 1.50 bits per heavy atom. The van der Waals surface area contributed by atoms with Crippen LogP contribution in [0.2, 0.25) is 4.34 Å². The Morgan fingerprint density at radius 3 is 2.88 bits per heavy atom. The molecule has 0 atom stereocenters. The van der Waals surface area contributed by atoms with Crippen molar-refractivity contribution in [2.24, 2.45) is 0 Å². The van der Waals surface area contributed by atoms with Crippen molar-refractivity contribution in [3.63, 3.8) is 0 Å². The fourth-order valence-electron chi connectivity index (χ4n) is 1.51. The number of nitrogens with two attached hydrogens (primary N) is 1. The van der Waals surface area contributed by atoms with Crippen LogP contribution in [-0.4, -0.2) is 22.1 Å². The zero-order valence-electron chi connectivity index (χ0n) is 8.90. The molecular formula is C10H13ClN4S. The Balaban J connectivity index is 1.91. The minimum Gasteiger partial charge on any atom is -0.382 e. The van der Waals surface area contributed by atoms with Crippen LogP contribution < -0.4 is 5.73 Å². The smallest absolute Gasteiger partial charge is 0.145 e. The molecule has 3 N–H and O–H groups in total. The number of hydrogen-bond acceptors (Lipinski definition) is 4. The zero-order chi connectivity index (χ0) is 11.5. The molecule has 2 aromatic heterocycles. The van der Waals surface area contributed by atoms with Gasteiger partial charge in [-0.05, 0) is 19.2 Å². The Morgan fingerprint density at radius 2 is 2.31 bits per heavy atom. The van der Waals surface area contributed by atoms with E-state index in [0.717, 1.165) is 23.1 Å². The van der Waals surface area contributed by atoms with Crippen LogP contribution in [0.5, 0.6) is 0 Å². The zero-order valence-corrected chi connectivity index (χ0v) is 10.5. The van der Waals surface area contributed by atoms with Gasteiger partial charge in [-0.25, -0.2) is 0 Å². The topological polar surface area (TPSA) is 57.9 Å². The molecule has 0 bridgehead atoms. The van der Waals surface area contributed by atoms with E-state index in [2.05, 4.69) is 15.1 Å². The summed E-state index contributed by atoms with van der Waals surface area (Å²) in [5.74, 6) is 0.530. The molecule has 0 radical (unpaired) electrons. The summed E-state index contributed by atoms with van der Waals surface area (Å²) in [7, 11) is 2.05. The highest BCUT2D eigenvalue weighted by Gasteiger charge is 2.05. The van der Waals surface area contributed by atoms with Gasteiger partial charge in [-0.3, -0.25) is 10.00 Å². The molecule has 0 saturated heterocycles. The maximum Gasteiger partial charge on any atom is 0.145 e. The summed E-state index contributed by atoms with van der Waals surface area (Å²) < 4.78 is 0.828. The van der Waals surface area contributed by atoms with Gasteiger partial charge in [0.2, 0.25) is 0 Å². The predicted molar refractivity (Wildman–Crippen MR) is 67.5 cm³/mol. The van der Waals surface area contributed by atoms with Crippen LogP contribution in [0.4, 0.5) is 5.82 Å². The van der Waals surface area contributed by atoms with Crippen molar-refractivity contribution in [1.82, 2.24) is 15.1 Å². The summed E-state index contributed by atoms with van der Waals surface area (Å²) in [5.41, 5.74) is 6.55. The lowest BCUT2D eigenvalue weighted by Crippen LogP contribution is -2.16. The van der Waals surface area contributed by atoms with E-state index in [1.165, 1.54) is 4.88 Å². The molecule has 0 amide bonds. The van der Waals surface area contributed by atoms with Crippen molar-refractivity contribution >= 4 is 28.8 Å². The second kappa shape index (κ2) is 4.86. The van der Waals surface area contributed by atoms with Crippen molar-refractivity contribution in [1.29, 1.82) is 0 Å². The molecule has 86 valence electrons. The van der Waals surface area contributed by atoms with E-state index in [-0.39, 0.29) is 0 Å². The first-order chi connectivity index (χ1) is 7.63. The van der Waals surface area contributed by atoms with Crippen molar-refractivity contribution in [3.05, 3.63) is 33.1 Å². The lowest BCUT2D eigenvalue weighted by molar-refractivity contribution is 0.318. The second-order valence-electron chi connectivity index (χ2n) is 3.70. The standard InChI is InChI=1S/C10H13ClN4S/c1-15(5-7-4-10(12)14-13-7)6-8-2-3-9(11)16-8/h2-4H,5-6H2,1H3,(H3,12,13,14). The number of hydrogen-bond donors (Lipinski definition) is 2. The quantitative estimate of drug-likeness (QED) is 0.883. The van der Waals surface area contributed by atoms with Crippen LogP contribution in [-0.2, 0) is 13.1 Å². The van der Waals surface area contributed by atoms with Gasteiger partial charge in [0.05, 0.1) is 10.0 Å². The monoisotopic (exact) mass is 256 g/mol. The summed E-state index contributed by atoms with van der Waals surface area (Å²) in [6.07, 6.45) is 0. The number of anilines is 1. The number of nitrogens with zero attached hydrogens (tertiary/aromatic N) is 2. The van der Waals surface area contributed by atoms with E-state index in [9.17, 15) is 0 Å². The SMILES string of the molecule is CN(Cc1cc(N)n[nH]1)Cc1ccc(Cl)s1. The van der Waals surface area contributed by atoms with Gasteiger partial charge in [-0.1, -0.05) is 11.6 Å². The van der Waals surface area contributed by atoms with Crippen molar-refractivity contribution in [3.8, 4) is 0 Å². The second-order valence-corrected chi connectivity index (χ2v) is 5.50. The summed E-state index contributed by atoms with van der Waals surface area (Å²) in [6, 6.07) is 5.81. The Labute approximate surface area is 103 Å². The molecular weight excluding hydrogens is 244 g/mol. The summed E-state index contributed by atoms with van der Waals surface area (Å²) in [5, 5.41) is 6.78. The molecule has 0 spiro atoms. The Bertz CT molecular complexity index is 423. The van der Waals surface area contributed by atoms with Crippen LogP contribution in [0.1, 0.15) is 10.6 Å². The van der Waals surface area contributed by atoms with Gasteiger partial charge < -0.3 is 5.73 Å². The molecule has 6 heteroatoms. The first-order valence-electron chi connectivity index (χ1n) is 4.86. The van der Waals surface area contributed by atoms with E-state index >= 15 is 0 Å². The van der Waals surface area contributed by atoms with Gasteiger partial charge in [0.15, 0.2) is 0 Å². The van der Waals surface area contributed by atoms with E-state index in [0.29, 0.717) is 5.82 Å². The molecule has 0 aliphatic heterocycles. The molecule has 16 heavy (non-hydrogen) atoms. The van der Waals surface area contributed by atoms with Gasteiger partial charge in [0, 0.05) is 24.0 Å². The van der Waals surface area contributed by atoms with Crippen LogP contribution in [0.25, 0.3) is 0 Å². The molecule has 0 unspecified atom stereocenters. The third-order valence-corrected chi connectivity index (χ3v) is 3.36. The molecule has 0 fully saturated rings. The van der Waals surface area contributed by atoms with Gasteiger partial charge in [0.1, 0.15) is 5.82 Å². The van der Waals surface area contributed by atoms with Crippen LogP contribution in [0.3, 0.4) is 0 Å². The third-order valence-electron chi connectivity index (χ3n) is 2.15. The van der Waals surface area contributed by atoms with Crippen LogP contribution >= 0.6 is 22.9 Å². The largest absolute Gasteiger partial charge is 0.382 e. The van der Waals surface area contributed by atoms with E-state index in [1.54, 1.807) is 11.3 Å². The third kappa shape index (κ3) is 2.98. The summed E-state index contributed by atoms with van der Waals surface area (Å²) >= 11 is 7.48. The summed E-state index contributed by atoms with van der Waals surface area (Å²) in [4.78, 5) is 3.43. The molecule has 2 heterocycles. The van der Waals surface area contributed by atoms with Crippen LogP contribution in [0.15, 0.2) is 18.2 Å². The average Bonchev–Trinajstić information content (AvgIpc) is 2.76. The lowest BCUT2D eigenvalue weighted by Gasteiger charge is -2.13. The van der Waals surface area contributed by atoms with E-state index < -0.39 is 0 Å². The highest BCUT2D eigenvalue weighted by atomic mass is 35.5. The van der Waals surface area contributed by atoms with Gasteiger partial charge in [-0.2, -0.15) is 5.10 Å². The number of thiophene rings is 1. The fraction of sp³-hybridized carbons (Fsp3) is 0.300. The minimum atomic E-state index is 0.530. The number of halogens is 1. The fourth-order valence-corrected chi connectivity index (χ4v) is 2.68. The highest BCUT2D eigenvalue weighted by Crippen LogP contribution is 2.22. The molecule has 0 aromatic carbocycles. The maximum absolute atomic E-state index is 5.87. The Kier molecular flexibility index (Phi) is 3.48. The first kappa shape index (κ1) is 11.4. The first-order valence-corrected chi connectivity index (χ1v) is 6.05. The van der Waals surface area contributed by atoms with Crippen molar-refractivity contribution in [2.45, 2.75) is 13.1 Å². The van der Waals surface area contributed by atoms with Gasteiger partial charge in [0.25, 0.3) is 0 Å². The van der Waals surface area contributed by atoms with E-state index in [4.69, 9.17) is 17.3 Å². The lowest BCUT2D eigenvalue weighted by atomic mass is 10.3. The van der Waals surface area contributed by atoms with Gasteiger partial charge >= 0.3 is 0 Å². The molecule has 4 nitrogen and oxygen atoms in total. The molecule has 0 saturated carbocycles. The minimum absolute atomic E-state index is 0.530. The number of aromatic amines is 1. The number of rotatable bonds is 4. The van der Waals surface area contributed by atoms with Crippen molar-refractivity contribution < 1.29 is 0 Å². The molecule has 0 aliphatic rings.